The molecule has 0 saturated heterocycles. The molecule has 0 heterocycles. The van der Waals surface area contributed by atoms with Crippen LogP contribution in [-0.4, -0.2) is 68.3 Å². The normalized spacial score (nSPS) is 10.4. The molecule has 0 atom stereocenters. The zero-order valence-electron chi connectivity index (χ0n) is 15.5. The summed E-state index contributed by atoms with van der Waals surface area (Å²) in [5, 5.41) is 5.33. The van der Waals surface area contributed by atoms with E-state index in [1.54, 1.807) is 26.2 Å². The highest BCUT2D eigenvalue weighted by Gasteiger charge is 2.15. The maximum absolute atomic E-state index is 12.2. The number of nitrogens with zero attached hydrogens (tertiary/aromatic N) is 2. The van der Waals surface area contributed by atoms with Gasteiger partial charge in [0.1, 0.15) is 0 Å². The Morgan fingerprint density at radius 2 is 1.68 bits per heavy atom. The van der Waals surface area contributed by atoms with E-state index < -0.39 is 0 Å². The van der Waals surface area contributed by atoms with E-state index in [0.29, 0.717) is 18.7 Å². The second-order valence-corrected chi connectivity index (χ2v) is 6.05. The lowest BCUT2D eigenvalue weighted by Crippen LogP contribution is -2.42. The van der Waals surface area contributed by atoms with Crippen molar-refractivity contribution in [1.82, 2.24) is 20.4 Å². The zero-order chi connectivity index (χ0) is 18.8. The maximum Gasteiger partial charge on any atom is 0.251 e. The Morgan fingerprint density at radius 1 is 1.04 bits per heavy atom. The predicted molar refractivity (Wildman–Crippen MR) is 97.1 cm³/mol. The summed E-state index contributed by atoms with van der Waals surface area (Å²) in [6.45, 7) is 3.45. The molecule has 0 aliphatic carbocycles. The van der Waals surface area contributed by atoms with Gasteiger partial charge in [-0.15, -0.1) is 0 Å². The third-order valence-corrected chi connectivity index (χ3v) is 3.68. The zero-order valence-corrected chi connectivity index (χ0v) is 15.5. The van der Waals surface area contributed by atoms with Gasteiger partial charge in [-0.25, -0.2) is 0 Å². The second-order valence-electron chi connectivity index (χ2n) is 6.05. The highest BCUT2D eigenvalue weighted by molar-refractivity contribution is 5.93. The van der Waals surface area contributed by atoms with Gasteiger partial charge in [0.05, 0.1) is 13.1 Å². The van der Waals surface area contributed by atoms with E-state index >= 15 is 0 Å². The number of carbonyl (C=O) groups is 3. The van der Waals surface area contributed by atoms with Crippen LogP contribution in [0.4, 0.5) is 0 Å². The molecule has 7 heteroatoms. The Bertz CT molecular complexity index is 586. The summed E-state index contributed by atoms with van der Waals surface area (Å²) >= 11 is 0. The molecule has 0 spiro atoms. The first kappa shape index (κ1) is 20.6. The van der Waals surface area contributed by atoms with Crippen LogP contribution in [0.3, 0.4) is 0 Å². The number of amides is 3. The number of hydrogen-bond donors (Lipinski definition) is 2. The number of rotatable bonds is 9. The first-order valence-electron chi connectivity index (χ1n) is 8.37. The Hall–Kier alpha value is -2.41. The van der Waals surface area contributed by atoms with Crippen molar-refractivity contribution < 1.29 is 14.4 Å². The third-order valence-electron chi connectivity index (χ3n) is 3.68. The molecule has 0 radical (unpaired) electrons. The minimum atomic E-state index is -0.148. The number of carbonyl (C=O) groups excluding carboxylic acids is 3. The lowest BCUT2D eigenvalue weighted by molar-refractivity contribution is -0.135. The van der Waals surface area contributed by atoms with Crippen LogP contribution in [0.2, 0.25) is 0 Å². The SMILES string of the molecule is CCCNC(=O)CN(C)C(=O)CN(C)Cc1ccc(C(=O)NC)cc1. The highest BCUT2D eigenvalue weighted by Crippen LogP contribution is 2.07. The summed E-state index contributed by atoms with van der Waals surface area (Å²) in [5.74, 6) is -0.390. The number of likely N-dealkylation sites (N-methyl/N-ethyl adjacent to an activating group) is 2. The molecule has 2 N–H and O–H groups in total. The fraction of sp³-hybridized carbons (Fsp3) is 0.500. The molecule has 1 aromatic rings. The number of benzene rings is 1. The molecule has 7 nitrogen and oxygen atoms in total. The van der Waals surface area contributed by atoms with Crippen LogP contribution < -0.4 is 10.6 Å². The van der Waals surface area contributed by atoms with Gasteiger partial charge in [-0.2, -0.15) is 0 Å². The molecular weight excluding hydrogens is 320 g/mol. The number of nitrogens with one attached hydrogen (secondary N) is 2. The second kappa shape index (κ2) is 10.5. The lowest BCUT2D eigenvalue weighted by atomic mass is 10.1. The summed E-state index contributed by atoms with van der Waals surface area (Å²) < 4.78 is 0. The van der Waals surface area contributed by atoms with Gasteiger partial charge in [-0.05, 0) is 31.2 Å². The van der Waals surface area contributed by atoms with E-state index in [1.807, 2.05) is 31.0 Å². The van der Waals surface area contributed by atoms with Crippen molar-refractivity contribution in [2.45, 2.75) is 19.9 Å². The van der Waals surface area contributed by atoms with Gasteiger partial charge >= 0.3 is 0 Å². The molecule has 0 unspecified atom stereocenters. The quantitative estimate of drug-likeness (QED) is 0.679. The van der Waals surface area contributed by atoms with Crippen LogP contribution in [0.15, 0.2) is 24.3 Å². The molecule has 0 bridgehead atoms. The fourth-order valence-corrected chi connectivity index (χ4v) is 2.25. The van der Waals surface area contributed by atoms with E-state index in [2.05, 4.69) is 10.6 Å². The number of hydrogen-bond acceptors (Lipinski definition) is 4. The topological polar surface area (TPSA) is 81.8 Å². The Balaban J connectivity index is 2.47. The predicted octanol–water partition coefficient (Wildman–Crippen LogP) is 0.463. The van der Waals surface area contributed by atoms with Crippen molar-refractivity contribution in [2.24, 2.45) is 0 Å². The Labute approximate surface area is 149 Å². The molecule has 25 heavy (non-hydrogen) atoms. The van der Waals surface area contributed by atoms with Crippen molar-refractivity contribution in [3.63, 3.8) is 0 Å². The van der Waals surface area contributed by atoms with Crippen LogP contribution in [0.5, 0.6) is 0 Å². The molecule has 0 aliphatic heterocycles. The summed E-state index contributed by atoms with van der Waals surface area (Å²) in [6.07, 6.45) is 0.866. The van der Waals surface area contributed by atoms with E-state index in [4.69, 9.17) is 0 Å². The first-order chi connectivity index (χ1) is 11.9. The van der Waals surface area contributed by atoms with Gasteiger partial charge in [-0.1, -0.05) is 19.1 Å². The summed E-state index contributed by atoms with van der Waals surface area (Å²) in [6, 6.07) is 7.25. The molecular formula is C18H28N4O3. The lowest BCUT2D eigenvalue weighted by Gasteiger charge is -2.21. The van der Waals surface area contributed by atoms with Crippen molar-refractivity contribution in [1.29, 1.82) is 0 Å². The smallest absolute Gasteiger partial charge is 0.251 e. The van der Waals surface area contributed by atoms with Crippen LogP contribution in [0.1, 0.15) is 29.3 Å². The van der Waals surface area contributed by atoms with Gasteiger partial charge in [0.2, 0.25) is 11.8 Å². The van der Waals surface area contributed by atoms with Crippen molar-refractivity contribution >= 4 is 17.7 Å². The van der Waals surface area contributed by atoms with E-state index in [1.165, 1.54) is 4.90 Å². The monoisotopic (exact) mass is 348 g/mol. The minimum Gasteiger partial charge on any atom is -0.355 e. The van der Waals surface area contributed by atoms with Crippen LogP contribution in [0, 0.1) is 0 Å². The molecule has 0 aliphatic rings. The molecule has 1 rings (SSSR count). The average molecular weight is 348 g/mol. The summed E-state index contributed by atoms with van der Waals surface area (Å²) in [7, 11) is 5.06. The first-order valence-corrected chi connectivity index (χ1v) is 8.37. The molecule has 3 amide bonds. The van der Waals surface area contributed by atoms with Crippen LogP contribution in [0.25, 0.3) is 0 Å². The minimum absolute atomic E-state index is 0.0630. The standard InChI is InChI=1S/C18H28N4O3/c1-5-10-20-16(23)12-22(4)17(24)13-21(3)11-14-6-8-15(9-7-14)18(25)19-2/h6-9H,5,10-13H2,1-4H3,(H,19,25)(H,20,23). The largest absolute Gasteiger partial charge is 0.355 e. The molecule has 0 fully saturated rings. The van der Waals surface area contributed by atoms with Crippen LogP contribution >= 0.6 is 0 Å². The average Bonchev–Trinajstić information content (AvgIpc) is 2.59. The van der Waals surface area contributed by atoms with E-state index in [0.717, 1.165) is 12.0 Å². The van der Waals surface area contributed by atoms with Crippen LogP contribution in [-0.2, 0) is 16.1 Å². The fourth-order valence-electron chi connectivity index (χ4n) is 2.25. The molecule has 0 aromatic heterocycles. The Morgan fingerprint density at radius 3 is 2.24 bits per heavy atom. The van der Waals surface area contributed by atoms with Crippen molar-refractivity contribution in [3.05, 3.63) is 35.4 Å². The van der Waals surface area contributed by atoms with Gasteiger partial charge in [0.15, 0.2) is 0 Å². The maximum atomic E-state index is 12.2. The van der Waals surface area contributed by atoms with Gasteiger partial charge in [0.25, 0.3) is 5.91 Å². The Kier molecular flexibility index (Phi) is 8.63. The van der Waals surface area contributed by atoms with Gasteiger partial charge < -0.3 is 15.5 Å². The molecule has 0 saturated carbocycles. The van der Waals surface area contributed by atoms with Gasteiger partial charge in [0, 0.05) is 32.7 Å². The van der Waals surface area contributed by atoms with Gasteiger partial charge in [-0.3, -0.25) is 19.3 Å². The summed E-state index contributed by atoms with van der Waals surface area (Å²) in [4.78, 5) is 38.7. The molecule has 138 valence electrons. The van der Waals surface area contributed by atoms with E-state index in [-0.39, 0.29) is 30.8 Å². The molecule has 1 aromatic carbocycles. The van der Waals surface area contributed by atoms with Crippen molar-refractivity contribution in [2.75, 3.05) is 40.8 Å². The highest BCUT2D eigenvalue weighted by atomic mass is 16.2. The third kappa shape index (κ3) is 7.34. The summed E-state index contributed by atoms with van der Waals surface area (Å²) in [5.41, 5.74) is 1.61. The van der Waals surface area contributed by atoms with E-state index in [9.17, 15) is 14.4 Å². The van der Waals surface area contributed by atoms with Crippen molar-refractivity contribution in [3.8, 4) is 0 Å².